The molecule has 2 N–H and O–H groups in total. The summed E-state index contributed by atoms with van der Waals surface area (Å²) in [5.41, 5.74) is 13.6. The molecule has 0 fully saturated rings. The van der Waals surface area contributed by atoms with Crippen molar-refractivity contribution in [2.75, 3.05) is 31.0 Å². The maximum Gasteiger partial charge on any atom is 0.261 e. The molecule has 0 radical (unpaired) electrons. The van der Waals surface area contributed by atoms with Gasteiger partial charge in [-0.25, -0.2) is 0 Å². The van der Waals surface area contributed by atoms with Gasteiger partial charge in [0.25, 0.3) is 11.8 Å². The Balaban J connectivity index is 0.871. The third-order valence-electron chi connectivity index (χ3n) is 16.8. The second-order valence-electron chi connectivity index (χ2n) is 21.2. The van der Waals surface area contributed by atoms with Gasteiger partial charge >= 0.3 is 0 Å². The number of anilines is 2. The first-order chi connectivity index (χ1) is 40.5. The van der Waals surface area contributed by atoms with Crippen LogP contribution < -0.4 is 14.5 Å². The second kappa shape index (κ2) is 19.9. The largest absolute Gasteiger partial charge is 0.494 e. The number of azo groups is 2. The fourth-order valence-corrected chi connectivity index (χ4v) is 12.6. The quantitative estimate of drug-likeness (QED) is 0.124. The number of amides is 2. The van der Waals surface area contributed by atoms with Crippen LogP contribution in [0.1, 0.15) is 67.2 Å². The number of hydrogen-bond donors (Lipinski definition) is 2. The van der Waals surface area contributed by atoms with Gasteiger partial charge in [-0.1, -0.05) is 141 Å². The van der Waals surface area contributed by atoms with Crippen LogP contribution >= 0.6 is 0 Å². The minimum Gasteiger partial charge on any atom is -0.494 e. The van der Waals surface area contributed by atoms with Crippen molar-refractivity contribution in [3.05, 3.63) is 221 Å². The van der Waals surface area contributed by atoms with Crippen LogP contribution in [0.15, 0.2) is 202 Å². The summed E-state index contributed by atoms with van der Waals surface area (Å²) in [5, 5.41) is 28.8. The highest BCUT2D eigenvalue weighted by Crippen LogP contribution is 2.48. The van der Waals surface area contributed by atoms with Gasteiger partial charge < -0.3 is 24.5 Å². The zero-order valence-electron chi connectivity index (χ0n) is 46.6. The van der Waals surface area contributed by atoms with E-state index in [0.29, 0.717) is 50.6 Å². The third kappa shape index (κ3) is 8.00. The van der Waals surface area contributed by atoms with Crippen molar-refractivity contribution in [3.63, 3.8) is 0 Å². The molecule has 1 aliphatic carbocycles. The summed E-state index contributed by atoms with van der Waals surface area (Å²) in [6.45, 7) is 6.09. The Kier molecular flexibility index (Phi) is 12.1. The molecule has 11 aromatic carbocycles. The minimum atomic E-state index is -0.254. The number of aryl methyl sites for hydroxylation is 2. The van der Waals surface area contributed by atoms with Crippen molar-refractivity contribution < 1.29 is 19.1 Å². The molecule has 14 rings (SSSR count). The van der Waals surface area contributed by atoms with Gasteiger partial charge in [0.05, 0.1) is 40.8 Å². The van der Waals surface area contributed by atoms with Crippen molar-refractivity contribution in [1.82, 2.24) is 9.97 Å². The molecular formula is C71H54N8O4. The Labute approximate surface area is 477 Å². The Morgan fingerprint density at radius 3 is 1.65 bits per heavy atom. The Hall–Kier alpha value is -10.6. The summed E-state index contributed by atoms with van der Waals surface area (Å²) in [4.78, 5) is 55.0. The number of para-hydroxylation sites is 4. The number of nitrogens with one attached hydrogen (secondary N) is 2. The van der Waals surface area contributed by atoms with Gasteiger partial charge in [0.1, 0.15) is 5.69 Å². The average molecular weight is 1080 g/mol. The molecule has 0 unspecified atom stereocenters. The average Bonchev–Trinajstić information content (AvgIpc) is 3.57. The third-order valence-corrected chi connectivity index (χ3v) is 16.8. The highest BCUT2D eigenvalue weighted by molar-refractivity contribution is 6.28. The molecule has 12 heteroatoms. The Morgan fingerprint density at radius 1 is 0.482 bits per heavy atom. The van der Waals surface area contributed by atoms with Gasteiger partial charge in [-0.15, -0.1) is 15.3 Å². The van der Waals surface area contributed by atoms with E-state index >= 15 is 0 Å². The molecule has 0 aliphatic heterocycles. The van der Waals surface area contributed by atoms with Crippen LogP contribution in [-0.4, -0.2) is 48.8 Å². The first kappa shape index (κ1) is 50.6. The minimum absolute atomic E-state index is 0.158. The number of aromatic nitrogens is 2. The number of methoxy groups -OCH3 is 1. The lowest BCUT2D eigenvalue weighted by Crippen LogP contribution is -2.27. The van der Waals surface area contributed by atoms with E-state index in [2.05, 4.69) is 54.1 Å². The molecule has 0 saturated carbocycles. The number of hydrogen-bond acceptors (Lipinski definition) is 8. The van der Waals surface area contributed by atoms with Crippen LogP contribution in [0.25, 0.3) is 87.1 Å². The van der Waals surface area contributed by atoms with Crippen molar-refractivity contribution in [3.8, 4) is 16.9 Å². The van der Waals surface area contributed by atoms with E-state index in [1.807, 2.05) is 160 Å². The number of ether oxygens (including phenoxy) is 1. The van der Waals surface area contributed by atoms with Gasteiger partial charge in [0.15, 0.2) is 11.5 Å². The summed E-state index contributed by atoms with van der Waals surface area (Å²) in [5.74, 6) is -0.290. The molecule has 1 aliphatic rings. The van der Waals surface area contributed by atoms with Crippen molar-refractivity contribution in [2.24, 2.45) is 20.5 Å². The van der Waals surface area contributed by atoms with Crippen molar-refractivity contribution in [1.29, 1.82) is 0 Å². The summed E-state index contributed by atoms with van der Waals surface area (Å²) in [6, 6.07) is 59.4. The van der Waals surface area contributed by atoms with Crippen LogP contribution in [0, 0.1) is 6.92 Å². The van der Waals surface area contributed by atoms with Crippen LogP contribution in [0.5, 0.6) is 5.75 Å². The highest BCUT2D eigenvalue weighted by atomic mass is 16.5. The van der Waals surface area contributed by atoms with E-state index in [9.17, 15) is 14.4 Å². The zero-order chi connectivity index (χ0) is 56.8. The molecule has 2 amide bonds. The van der Waals surface area contributed by atoms with Gasteiger partial charge in [-0.3, -0.25) is 14.4 Å². The number of ketones is 1. The molecule has 83 heavy (non-hydrogen) atoms. The lowest BCUT2D eigenvalue weighted by Gasteiger charge is -2.22. The lowest BCUT2D eigenvalue weighted by molar-refractivity contribution is 0.0983. The molecule has 402 valence electrons. The van der Waals surface area contributed by atoms with Crippen LogP contribution in [-0.2, 0) is 12.8 Å². The number of carbonyl (C=O) groups is 3. The van der Waals surface area contributed by atoms with Gasteiger partial charge in [-0.2, -0.15) is 5.11 Å². The topological polar surface area (TPSA) is 148 Å². The van der Waals surface area contributed by atoms with E-state index < -0.39 is 0 Å². The first-order valence-corrected chi connectivity index (χ1v) is 27.9. The van der Waals surface area contributed by atoms with Crippen LogP contribution in [0.3, 0.4) is 0 Å². The fraction of sp³-hybridized carbons (Fsp3) is 0.113. The number of fused-ring (bicyclic) bond motifs is 12. The van der Waals surface area contributed by atoms with Crippen LogP contribution in [0.2, 0.25) is 0 Å². The van der Waals surface area contributed by atoms with Crippen LogP contribution in [0.4, 0.5) is 34.1 Å². The van der Waals surface area contributed by atoms with E-state index in [-0.39, 0.29) is 23.3 Å². The number of H-pyrrole nitrogens is 2. The number of aromatic amines is 2. The molecule has 12 nitrogen and oxygen atoms in total. The van der Waals surface area contributed by atoms with Crippen molar-refractivity contribution in [2.45, 2.75) is 33.6 Å². The summed E-state index contributed by atoms with van der Waals surface area (Å²) in [6.07, 6.45) is 1.53. The molecule has 0 saturated heterocycles. The van der Waals surface area contributed by atoms with E-state index in [1.54, 1.807) is 30.0 Å². The van der Waals surface area contributed by atoms with Crippen molar-refractivity contribution >= 4 is 128 Å². The van der Waals surface area contributed by atoms with E-state index in [4.69, 9.17) is 25.2 Å². The second-order valence-corrected chi connectivity index (χ2v) is 21.2. The molecule has 0 spiro atoms. The van der Waals surface area contributed by atoms with Gasteiger partial charge in [-0.05, 0) is 113 Å². The molecular weight excluding hydrogens is 1030 g/mol. The maximum atomic E-state index is 14.9. The van der Waals surface area contributed by atoms with Gasteiger partial charge in [0, 0.05) is 96.3 Å². The SMILES string of the molecule is CCc1ccccc1N(C)C(=O)c1cc2ccc3c4ccccc4[nH]c3c2c(N=Nc2ccc3c(c2)C(=O)c2cccc4c(N=Nc5c(OC)c(C(=O)N(C)c6ccccc6CC)cc6ccc7c8ccccc8[nH]c7c56)ccc-3c24)c1C. The number of rotatable bonds is 11. The number of carbonyl (C=O) groups excluding carboxylic acids is 3. The monoisotopic (exact) mass is 1080 g/mol. The molecule has 0 atom stereocenters. The maximum absolute atomic E-state index is 14.9. The molecule has 2 aromatic heterocycles. The Morgan fingerprint density at radius 2 is 1.02 bits per heavy atom. The first-order valence-electron chi connectivity index (χ1n) is 27.9. The molecule has 0 bridgehead atoms. The van der Waals surface area contributed by atoms with E-state index in [0.717, 1.165) is 122 Å². The zero-order valence-corrected chi connectivity index (χ0v) is 46.6. The summed E-state index contributed by atoms with van der Waals surface area (Å²) in [7, 11) is 5.15. The number of benzene rings is 11. The normalized spacial score (nSPS) is 12.3. The number of nitrogens with zero attached hydrogens (tertiary/aromatic N) is 6. The predicted octanol–water partition coefficient (Wildman–Crippen LogP) is 18.5. The predicted molar refractivity (Wildman–Crippen MR) is 336 cm³/mol. The van der Waals surface area contributed by atoms with Gasteiger partial charge in [0.2, 0.25) is 0 Å². The smallest absolute Gasteiger partial charge is 0.261 e. The standard InChI is InChI=1S/C71H54N8O4/c1-7-40-18-9-15-26-59(40)78(4)70(81)53-36-42-28-31-49-46-20-11-13-24-56(46)72-65(49)61(42)64(39(53)3)76-74-44-30-33-45-48-34-35-58(51-22-17-23-52(63(48)51)68(80)54(45)38-44)75-77-67-62-43(29-32-50-47-21-12-14-25-57(47)73-66(50)62)37-55(69(67)83-6)71(82)79(5)60-27-16-10-19-41(60)8-2/h9-38,72-73H,7-8H2,1-6H3. The van der Waals surface area contributed by atoms with E-state index in [1.165, 1.54) is 0 Å². The summed E-state index contributed by atoms with van der Waals surface area (Å²) < 4.78 is 6.22. The molecule has 13 aromatic rings. The summed E-state index contributed by atoms with van der Waals surface area (Å²) >= 11 is 0. The highest BCUT2D eigenvalue weighted by Gasteiger charge is 2.30. The fourth-order valence-electron chi connectivity index (χ4n) is 12.6. The molecule has 2 heterocycles. The lowest BCUT2D eigenvalue weighted by atomic mass is 9.82. The Bertz CT molecular complexity index is 5010.